The summed E-state index contributed by atoms with van der Waals surface area (Å²) in [6.45, 7) is 3.47. The number of aromatic nitrogens is 1. The molecule has 96 valence electrons. The van der Waals surface area contributed by atoms with Crippen molar-refractivity contribution >= 4 is 11.6 Å². The second-order valence-electron chi connectivity index (χ2n) is 5.53. The topological polar surface area (TPSA) is 54.0 Å². The first-order chi connectivity index (χ1) is 8.71. The minimum atomic E-state index is 0.251. The zero-order valence-corrected chi connectivity index (χ0v) is 10.7. The quantitative estimate of drug-likeness (QED) is 0.777. The molecule has 2 saturated carbocycles. The molecule has 0 radical (unpaired) electrons. The summed E-state index contributed by atoms with van der Waals surface area (Å²) in [5.41, 5.74) is 2.67. The number of nitrogens with zero attached hydrogens (tertiary/aromatic N) is 1. The van der Waals surface area contributed by atoms with Crippen LogP contribution in [0.2, 0.25) is 0 Å². The van der Waals surface area contributed by atoms with E-state index in [0.29, 0.717) is 17.9 Å². The van der Waals surface area contributed by atoms with Gasteiger partial charge >= 0.3 is 0 Å². The van der Waals surface area contributed by atoms with E-state index in [2.05, 4.69) is 15.6 Å². The van der Waals surface area contributed by atoms with Crippen LogP contribution in [0.25, 0.3) is 0 Å². The van der Waals surface area contributed by atoms with E-state index in [1.807, 2.05) is 19.2 Å². The molecule has 1 spiro atoms. The van der Waals surface area contributed by atoms with Crippen molar-refractivity contribution in [3.8, 4) is 0 Å². The summed E-state index contributed by atoms with van der Waals surface area (Å²) < 4.78 is 0. The molecule has 1 amide bonds. The third-order valence-electron chi connectivity index (χ3n) is 4.16. The van der Waals surface area contributed by atoms with Crippen LogP contribution in [-0.4, -0.2) is 24.0 Å². The predicted molar refractivity (Wildman–Crippen MR) is 70.2 cm³/mol. The summed E-state index contributed by atoms with van der Waals surface area (Å²) in [7, 11) is 0. The highest BCUT2D eigenvalue weighted by atomic mass is 16.2. The van der Waals surface area contributed by atoms with Crippen LogP contribution in [0.4, 0.5) is 5.69 Å². The molecule has 18 heavy (non-hydrogen) atoms. The minimum absolute atomic E-state index is 0.251. The van der Waals surface area contributed by atoms with Gasteiger partial charge in [-0.05, 0) is 43.2 Å². The number of hydrogen-bond donors (Lipinski definition) is 2. The Kier molecular flexibility index (Phi) is 2.73. The first-order valence-corrected chi connectivity index (χ1v) is 6.63. The lowest BCUT2D eigenvalue weighted by molar-refractivity contribution is -0.122. The highest BCUT2D eigenvalue weighted by molar-refractivity contribution is 5.83. The van der Waals surface area contributed by atoms with E-state index in [-0.39, 0.29) is 5.91 Å². The molecule has 0 aromatic carbocycles. The van der Waals surface area contributed by atoms with Gasteiger partial charge in [-0.3, -0.25) is 9.78 Å². The van der Waals surface area contributed by atoms with Crippen molar-refractivity contribution in [1.29, 1.82) is 0 Å². The zero-order valence-electron chi connectivity index (χ0n) is 10.7. The van der Waals surface area contributed by atoms with Gasteiger partial charge in [0.25, 0.3) is 0 Å². The Hall–Kier alpha value is -1.58. The van der Waals surface area contributed by atoms with Crippen molar-refractivity contribution in [1.82, 2.24) is 10.3 Å². The molecule has 1 aromatic heterocycles. The van der Waals surface area contributed by atoms with Gasteiger partial charge in [-0.25, -0.2) is 0 Å². The summed E-state index contributed by atoms with van der Waals surface area (Å²) in [5, 5.41) is 6.32. The van der Waals surface area contributed by atoms with Crippen molar-refractivity contribution in [3.63, 3.8) is 0 Å². The van der Waals surface area contributed by atoms with Gasteiger partial charge in [-0.2, -0.15) is 0 Å². The normalized spacial score (nSPS) is 22.6. The molecule has 2 aliphatic rings. The van der Waals surface area contributed by atoms with Crippen molar-refractivity contribution in [3.05, 3.63) is 24.0 Å². The van der Waals surface area contributed by atoms with E-state index in [9.17, 15) is 4.79 Å². The third-order valence-corrected chi connectivity index (χ3v) is 4.16. The molecule has 0 bridgehead atoms. The first kappa shape index (κ1) is 11.5. The number of amides is 1. The molecule has 2 aliphatic carbocycles. The maximum Gasteiger partial charge on any atom is 0.223 e. The second kappa shape index (κ2) is 4.26. The lowest BCUT2D eigenvalue weighted by Gasteiger charge is -2.09. The molecule has 0 unspecified atom stereocenters. The van der Waals surface area contributed by atoms with Gasteiger partial charge in [-0.15, -0.1) is 0 Å². The molecule has 4 heteroatoms. The number of anilines is 1. The number of carbonyl (C=O) groups is 1. The van der Waals surface area contributed by atoms with E-state index < -0.39 is 0 Å². The number of pyridine rings is 1. The van der Waals surface area contributed by atoms with E-state index in [1.165, 1.54) is 12.8 Å². The Labute approximate surface area is 107 Å². The summed E-state index contributed by atoms with van der Waals surface area (Å²) in [5.74, 6) is 0.570. The second-order valence-corrected chi connectivity index (χ2v) is 5.53. The largest absolute Gasteiger partial charge is 0.383 e. The average Bonchev–Trinajstić information content (AvgIpc) is 3.28. The first-order valence-electron chi connectivity index (χ1n) is 6.63. The molecule has 2 N–H and O–H groups in total. The van der Waals surface area contributed by atoms with E-state index in [0.717, 1.165) is 24.2 Å². The van der Waals surface area contributed by atoms with Gasteiger partial charge in [-0.1, -0.05) is 0 Å². The lowest BCUT2D eigenvalue weighted by Crippen LogP contribution is -2.30. The van der Waals surface area contributed by atoms with Gasteiger partial charge < -0.3 is 10.6 Å². The average molecular weight is 245 g/mol. The maximum atomic E-state index is 11.8. The van der Waals surface area contributed by atoms with Gasteiger partial charge in [0.05, 0.1) is 0 Å². The fourth-order valence-corrected chi connectivity index (χ4v) is 2.61. The molecule has 1 heterocycles. The molecule has 0 aliphatic heterocycles. The fraction of sp³-hybridized carbons (Fsp3) is 0.571. The Morgan fingerprint density at radius 1 is 1.50 bits per heavy atom. The minimum Gasteiger partial charge on any atom is -0.383 e. The molecular weight excluding hydrogens is 226 g/mol. The molecule has 2 fully saturated rings. The van der Waals surface area contributed by atoms with Crippen LogP contribution in [0.3, 0.4) is 0 Å². The van der Waals surface area contributed by atoms with Crippen LogP contribution >= 0.6 is 0 Å². The molecular formula is C14H19N3O. The molecule has 3 rings (SSSR count). The van der Waals surface area contributed by atoms with E-state index in [1.54, 1.807) is 6.20 Å². The van der Waals surface area contributed by atoms with Gasteiger partial charge in [0, 0.05) is 37.1 Å². The van der Waals surface area contributed by atoms with Crippen molar-refractivity contribution < 1.29 is 4.79 Å². The van der Waals surface area contributed by atoms with Crippen molar-refractivity contribution in [2.24, 2.45) is 11.3 Å². The van der Waals surface area contributed by atoms with Crippen LogP contribution < -0.4 is 10.6 Å². The van der Waals surface area contributed by atoms with Crippen LogP contribution in [0.5, 0.6) is 0 Å². The standard InChI is InChI=1S/C14H19N3O/c1-10-9-15-5-2-12(10)16-6-7-17-13(18)11-8-14(11)3-4-14/h2,5,9,11H,3-4,6-8H2,1H3,(H,15,16)(H,17,18)/t11-/m1/s1. The van der Waals surface area contributed by atoms with Crippen molar-refractivity contribution in [2.75, 3.05) is 18.4 Å². The number of aryl methyl sites for hydroxylation is 1. The lowest BCUT2D eigenvalue weighted by atomic mass is 10.2. The van der Waals surface area contributed by atoms with E-state index in [4.69, 9.17) is 0 Å². The number of carbonyl (C=O) groups excluding carboxylic acids is 1. The van der Waals surface area contributed by atoms with Crippen LogP contribution in [-0.2, 0) is 4.79 Å². The Morgan fingerprint density at radius 3 is 3.00 bits per heavy atom. The summed E-state index contributed by atoms with van der Waals surface area (Å²) in [4.78, 5) is 15.8. The summed E-state index contributed by atoms with van der Waals surface area (Å²) in [6.07, 6.45) is 7.26. The molecule has 1 atom stereocenters. The van der Waals surface area contributed by atoms with Gasteiger partial charge in [0.2, 0.25) is 5.91 Å². The third kappa shape index (κ3) is 2.19. The van der Waals surface area contributed by atoms with Crippen molar-refractivity contribution in [2.45, 2.75) is 26.2 Å². The Morgan fingerprint density at radius 2 is 2.33 bits per heavy atom. The molecule has 4 nitrogen and oxygen atoms in total. The SMILES string of the molecule is Cc1cnccc1NCCNC(=O)[C@H]1CC12CC2. The molecule has 0 saturated heterocycles. The van der Waals surface area contributed by atoms with E-state index >= 15 is 0 Å². The van der Waals surface area contributed by atoms with Gasteiger partial charge in [0.15, 0.2) is 0 Å². The number of rotatable bonds is 5. The highest BCUT2D eigenvalue weighted by Crippen LogP contribution is 2.70. The predicted octanol–water partition coefficient (Wildman–Crippen LogP) is 1.72. The van der Waals surface area contributed by atoms with Crippen LogP contribution in [0, 0.1) is 18.3 Å². The number of nitrogens with one attached hydrogen (secondary N) is 2. The maximum absolute atomic E-state index is 11.8. The fourth-order valence-electron chi connectivity index (χ4n) is 2.61. The summed E-state index contributed by atoms with van der Waals surface area (Å²) >= 11 is 0. The van der Waals surface area contributed by atoms with Gasteiger partial charge in [0.1, 0.15) is 0 Å². The monoisotopic (exact) mass is 245 g/mol. The van der Waals surface area contributed by atoms with Crippen LogP contribution in [0.15, 0.2) is 18.5 Å². The Bertz CT molecular complexity index is 468. The number of hydrogen-bond acceptors (Lipinski definition) is 3. The van der Waals surface area contributed by atoms with Crippen LogP contribution in [0.1, 0.15) is 24.8 Å². The summed E-state index contributed by atoms with van der Waals surface area (Å²) in [6, 6.07) is 1.96. The Balaban J connectivity index is 1.38. The molecule has 1 aromatic rings. The smallest absolute Gasteiger partial charge is 0.223 e. The zero-order chi connectivity index (χ0) is 12.6. The highest BCUT2D eigenvalue weighted by Gasteiger charge is 2.65.